The highest BCUT2D eigenvalue weighted by molar-refractivity contribution is 7.16. The van der Waals surface area contributed by atoms with Crippen LogP contribution in [0.15, 0.2) is 0 Å². The second-order valence-electron chi connectivity index (χ2n) is 9.01. The zero-order valence-corrected chi connectivity index (χ0v) is 16.0. The summed E-state index contributed by atoms with van der Waals surface area (Å²) in [4.78, 5) is 17.0. The Morgan fingerprint density at radius 3 is 2.48 bits per heavy atom. The molecule has 0 spiro atoms. The molecule has 136 valence electrons. The van der Waals surface area contributed by atoms with Crippen molar-refractivity contribution < 1.29 is 4.79 Å². The molecule has 0 saturated heterocycles. The monoisotopic (exact) mass is 359 g/mol. The van der Waals surface area contributed by atoms with Gasteiger partial charge in [-0.25, -0.2) is 0 Å². The van der Waals surface area contributed by atoms with Gasteiger partial charge in [0.25, 0.3) is 5.91 Å². The number of nitrogens with two attached hydrogens (primary N) is 1. The van der Waals surface area contributed by atoms with Crippen molar-refractivity contribution in [3.05, 3.63) is 16.0 Å². The predicted octanol–water partition coefficient (Wildman–Crippen LogP) is 3.41. The van der Waals surface area contributed by atoms with Crippen LogP contribution in [-0.2, 0) is 13.0 Å². The maximum absolute atomic E-state index is 13.2. The number of anilines is 1. The maximum Gasteiger partial charge on any atom is 0.254 e. The van der Waals surface area contributed by atoms with Crippen LogP contribution in [0.2, 0.25) is 0 Å². The summed E-state index contributed by atoms with van der Waals surface area (Å²) in [5, 5.41) is 4.24. The van der Waals surface area contributed by atoms with E-state index in [9.17, 15) is 4.79 Å². The summed E-state index contributed by atoms with van der Waals surface area (Å²) < 4.78 is 0. The Morgan fingerprint density at radius 2 is 1.88 bits per heavy atom. The van der Waals surface area contributed by atoms with Crippen molar-refractivity contribution in [1.29, 1.82) is 0 Å². The van der Waals surface area contributed by atoms with Gasteiger partial charge >= 0.3 is 0 Å². The number of hydrogen-bond donors (Lipinski definition) is 2. The van der Waals surface area contributed by atoms with Gasteiger partial charge in [0.1, 0.15) is 0 Å². The third kappa shape index (κ3) is 2.62. The Morgan fingerprint density at radius 1 is 1.24 bits per heavy atom. The van der Waals surface area contributed by atoms with Crippen LogP contribution in [0.4, 0.5) is 5.00 Å². The summed E-state index contributed by atoms with van der Waals surface area (Å²) in [7, 11) is 0. The van der Waals surface area contributed by atoms with Crippen LogP contribution in [0.25, 0.3) is 0 Å². The Kier molecular flexibility index (Phi) is 3.69. The number of carbonyl (C=O) groups is 1. The van der Waals surface area contributed by atoms with E-state index in [0.29, 0.717) is 0 Å². The molecule has 0 aromatic carbocycles. The van der Waals surface area contributed by atoms with E-state index >= 15 is 0 Å². The van der Waals surface area contributed by atoms with Gasteiger partial charge in [-0.2, -0.15) is 0 Å². The van der Waals surface area contributed by atoms with E-state index in [4.69, 9.17) is 5.73 Å². The second-order valence-corrected chi connectivity index (χ2v) is 10.2. The van der Waals surface area contributed by atoms with Gasteiger partial charge in [0.05, 0.1) is 10.6 Å². The molecule has 5 heteroatoms. The molecule has 2 heterocycles. The van der Waals surface area contributed by atoms with Gasteiger partial charge in [-0.05, 0) is 74.8 Å². The number of thiophene rings is 1. The Bertz CT molecular complexity index is 675. The molecule has 1 aromatic heterocycles. The molecule has 25 heavy (non-hydrogen) atoms. The number of likely N-dealkylation sites (N-methyl/N-ethyl adjacent to an activating group) is 1. The Hall–Kier alpha value is -1.07. The van der Waals surface area contributed by atoms with Crippen LogP contribution >= 0.6 is 11.3 Å². The van der Waals surface area contributed by atoms with E-state index in [0.717, 1.165) is 54.4 Å². The fourth-order valence-corrected chi connectivity index (χ4v) is 7.72. The van der Waals surface area contributed by atoms with Crippen LogP contribution in [0.3, 0.4) is 0 Å². The van der Waals surface area contributed by atoms with Gasteiger partial charge in [0.15, 0.2) is 0 Å². The van der Waals surface area contributed by atoms with Crippen molar-refractivity contribution >= 4 is 22.2 Å². The first kappa shape index (κ1) is 16.1. The summed E-state index contributed by atoms with van der Waals surface area (Å²) in [5.41, 5.74) is 8.42. The van der Waals surface area contributed by atoms with Gasteiger partial charge in [-0.15, -0.1) is 11.3 Å². The average molecular weight is 360 g/mol. The molecule has 1 amide bonds. The van der Waals surface area contributed by atoms with Crippen molar-refractivity contribution in [2.24, 2.45) is 17.8 Å². The van der Waals surface area contributed by atoms with Crippen LogP contribution < -0.4 is 11.1 Å². The summed E-state index contributed by atoms with van der Waals surface area (Å²) in [6.45, 7) is 5.25. The first-order chi connectivity index (χ1) is 12.0. The van der Waals surface area contributed by atoms with Gasteiger partial charge in [-0.1, -0.05) is 6.92 Å². The third-order valence-electron chi connectivity index (χ3n) is 7.25. The lowest BCUT2D eigenvalue weighted by atomic mass is 9.53. The van der Waals surface area contributed by atoms with Crippen molar-refractivity contribution in [3.63, 3.8) is 0 Å². The first-order valence-corrected chi connectivity index (χ1v) is 10.8. The number of rotatable bonds is 3. The van der Waals surface area contributed by atoms with Crippen LogP contribution in [0.5, 0.6) is 0 Å². The van der Waals surface area contributed by atoms with E-state index in [2.05, 4.69) is 17.1 Å². The molecule has 1 aliphatic heterocycles. The minimum atomic E-state index is 0.0667. The second kappa shape index (κ2) is 5.71. The smallest absolute Gasteiger partial charge is 0.254 e. The highest BCUT2D eigenvalue weighted by atomic mass is 32.1. The average Bonchev–Trinajstić information content (AvgIpc) is 2.87. The zero-order valence-electron chi connectivity index (χ0n) is 15.1. The number of nitrogens with zero attached hydrogens (tertiary/aromatic N) is 1. The van der Waals surface area contributed by atoms with Gasteiger partial charge in [0.2, 0.25) is 0 Å². The molecule has 0 unspecified atom stereocenters. The Balaban J connectivity index is 1.40. The number of fused-ring (bicyclic) bond motifs is 1. The van der Waals surface area contributed by atoms with E-state index in [1.165, 1.54) is 49.0 Å². The van der Waals surface area contributed by atoms with E-state index in [-0.39, 0.29) is 11.4 Å². The Labute approximate surface area is 154 Å². The normalized spacial score (nSPS) is 36.4. The largest absolute Gasteiger partial charge is 0.390 e. The maximum atomic E-state index is 13.2. The molecule has 1 aromatic rings. The zero-order chi connectivity index (χ0) is 17.2. The fraction of sp³-hybridized carbons (Fsp3) is 0.750. The molecular weight excluding hydrogens is 330 g/mol. The molecule has 0 atom stereocenters. The number of nitrogens with one attached hydrogen (secondary N) is 1. The number of hydrogen-bond acceptors (Lipinski definition) is 4. The minimum absolute atomic E-state index is 0.0667. The lowest BCUT2D eigenvalue weighted by molar-refractivity contribution is -0.0166. The summed E-state index contributed by atoms with van der Waals surface area (Å²) >= 11 is 1.63. The molecule has 0 radical (unpaired) electrons. The highest BCUT2D eigenvalue weighted by Gasteiger charge is 2.51. The first-order valence-electron chi connectivity index (χ1n) is 10.00. The molecular formula is C20H29N3OS. The van der Waals surface area contributed by atoms with Gasteiger partial charge in [-0.3, -0.25) is 9.69 Å². The molecule has 6 rings (SSSR count). The van der Waals surface area contributed by atoms with Crippen molar-refractivity contribution in [2.75, 3.05) is 18.8 Å². The molecule has 4 saturated carbocycles. The standard InChI is InChI=1S/C20H29N3OS/c1-2-23-4-3-15-16(11-23)25-18(21)17(15)19(24)22-20-8-12-5-13(9-20)7-14(6-12)10-20/h12-14H,2-11,21H2,1H3,(H,22,24). The molecule has 4 bridgehead atoms. The molecule has 4 fully saturated rings. The molecule has 5 aliphatic rings. The quantitative estimate of drug-likeness (QED) is 0.869. The number of nitrogen functional groups attached to an aromatic ring is 1. The summed E-state index contributed by atoms with van der Waals surface area (Å²) in [6, 6.07) is 0. The van der Waals surface area contributed by atoms with Crippen molar-refractivity contribution in [1.82, 2.24) is 10.2 Å². The van der Waals surface area contributed by atoms with E-state index < -0.39 is 0 Å². The molecule has 4 nitrogen and oxygen atoms in total. The van der Waals surface area contributed by atoms with Crippen molar-refractivity contribution in [3.8, 4) is 0 Å². The van der Waals surface area contributed by atoms with E-state index in [1.54, 1.807) is 11.3 Å². The number of carbonyl (C=O) groups excluding carboxylic acids is 1. The topological polar surface area (TPSA) is 58.4 Å². The summed E-state index contributed by atoms with van der Waals surface area (Å²) in [5.74, 6) is 2.65. The van der Waals surface area contributed by atoms with E-state index in [1.807, 2.05) is 0 Å². The highest BCUT2D eigenvalue weighted by Crippen LogP contribution is 2.55. The predicted molar refractivity (Wildman–Crippen MR) is 102 cm³/mol. The SMILES string of the molecule is CCN1CCc2c(sc(N)c2C(=O)NC23CC4CC(CC(C4)C2)C3)C1. The molecule has 4 aliphatic carbocycles. The third-order valence-corrected chi connectivity index (χ3v) is 8.30. The summed E-state index contributed by atoms with van der Waals surface area (Å²) in [6.07, 6.45) is 8.75. The van der Waals surface area contributed by atoms with Crippen LogP contribution in [-0.4, -0.2) is 29.4 Å². The lowest BCUT2D eigenvalue weighted by Crippen LogP contribution is -2.59. The fourth-order valence-electron chi connectivity index (χ4n) is 6.56. The molecule has 3 N–H and O–H groups in total. The lowest BCUT2D eigenvalue weighted by Gasteiger charge is -2.56. The van der Waals surface area contributed by atoms with Crippen LogP contribution in [0.1, 0.15) is 66.2 Å². The van der Waals surface area contributed by atoms with Crippen LogP contribution in [0, 0.1) is 17.8 Å². The minimum Gasteiger partial charge on any atom is -0.390 e. The van der Waals surface area contributed by atoms with Gasteiger partial charge in [0, 0.05) is 23.5 Å². The van der Waals surface area contributed by atoms with Crippen molar-refractivity contribution in [2.45, 2.75) is 64.0 Å². The van der Waals surface area contributed by atoms with Gasteiger partial charge < -0.3 is 11.1 Å². The number of amides is 1.